The van der Waals surface area contributed by atoms with Crippen LogP contribution in [0.1, 0.15) is 50.9 Å². The molecule has 1 aromatic carbocycles. The number of esters is 1. The van der Waals surface area contributed by atoms with Crippen molar-refractivity contribution in [2.75, 3.05) is 10.6 Å². The molecule has 2 aromatic rings. The van der Waals surface area contributed by atoms with E-state index in [-0.39, 0.29) is 18.9 Å². The van der Waals surface area contributed by atoms with Gasteiger partial charge in [-0.3, -0.25) is 14.4 Å². The molecule has 6 N–H and O–H groups in total. The zero-order valence-corrected chi connectivity index (χ0v) is 18.9. The highest BCUT2D eigenvalue weighted by molar-refractivity contribution is 6.36. The van der Waals surface area contributed by atoms with Crippen LogP contribution in [0.2, 0.25) is 0 Å². The van der Waals surface area contributed by atoms with E-state index >= 15 is 0 Å². The number of rotatable bonds is 6. The molecule has 4 amide bonds. The molecule has 0 saturated heterocycles. The topological polar surface area (TPSA) is 155 Å². The normalized spacial score (nSPS) is 14.2. The van der Waals surface area contributed by atoms with Gasteiger partial charge in [0.05, 0.1) is 5.57 Å². The molecular formula is C23H27N5O5. The number of nitrogens with two attached hydrogens (primary N) is 1. The van der Waals surface area contributed by atoms with Gasteiger partial charge < -0.3 is 31.4 Å². The lowest BCUT2D eigenvalue weighted by Crippen LogP contribution is -2.30. The van der Waals surface area contributed by atoms with Crippen molar-refractivity contribution in [3.63, 3.8) is 0 Å². The van der Waals surface area contributed by atoms with E-state index < -0.39 is 23.5 Å². The van der Waals surface area contributed by atoms with Crippen molar-refractivity contribution in [3.05, 3.63) is 47.3 Å². The minimum atomic E-state index is -0.697. The minimum absolute atomic E-state index is 0.205. The number of anilines is 2. The second kappa shape index (κ2) is 9.19. The van der Waals surface area contributed by atoms with E-state index in [0.29, 0.717) is 33.8 Å². The lowest BCUT2D eigenvalue weighted by Gasteiger charge is -2.19. The molecule has 10 heteroatoms. The van der Waals surface area contributed by atoms with Gasteiger partial charge in [-0.2, -0.15) is 0 Å². The molecular weight excluding hydrogens is 426 g/mol. The van der Waals surface area contributed by atoms with E-state index in [0.717, 1.165) is 5.56 Å². The number of allylic oxidation sites excluding steroid dienone is 1. The molecule has 0 unspecified atom stereocenters. The third-order valence-electron chi connectivity index (χ3n) is 4.77. The highest BCUT2D eigenvalue weighted by atomic mass is 16.6. The van der Waals surface area contributed by atoms with Crippen LogP contribution in [-0.2, 0) is 25.7 Å². The van der Waals surface area contributed by atoms with E-state index in [2.05, 4.69) is 20.9 Å². The smallest absolute Gasteiger partial charge is 0.316 e. The first-order valence-electron chi connectivity index (χ1n) is 10.3. The van der Waals surface area contributed by atoms with Crippen LogP contribution >= 0.6 is 0 Å². The number of nitrogens with one attached hydrogen (secondary N) is 4. The Balaban J connectivity index is 1.72. The molecule has 1 aromatic heterocycles. The maximum atomic E-state index is 12.6. The van der Waals surface area contributed by atoms with Crippen LogP contribution in [0, 0.1) is 0 Å². The first kappa shape index (κ1) is 23.6. The molecule has 0 aliphatic carbocycles. The number of benzene rings is 1. The number of carbonyl (C=O) groups excluding carboxylic acids is 4. The quantitative estimate of drug-likeness (QED) is 0.258. The summed E-state index contributed by atoms with van der Waals surface area (Å²) in [5.41, 5.74) is 8.89. The van der Waals surface area contributed by atoms with Crippen molar-refractivity contribution in [2.45, 2.75) is 46.3 Å². The Labute approximate surface area is 190 Å². The van der Waals surface area contributed by atoms with Gasteiger partial charge in [0, 0.05) is 35.4 Å². The molecule has 3 rings (SSSR count). The second-order valence-corrected chi connectivity index (χ2v) is 8.67. The number of amides is 4. The fraction of sp³-hybridized carbons (Fsp3) is 0.304. The van der Waals surface area contributed by atoms with Gasteiger partial charge in [-0.05, 0) is 63.1 Å². The molecule has 1 aliphatic heterocycles. The van der Waals surface area contributed by atoms with Crippen LogP contribution in [0.15, 0.2) is 30.5 Å². The molecule has 0 atom stereocenters. The van der Waals surface area contributed by atoms with Gasteiger partial charge in [-0.25, -0.2) is 4.79 Å². The van der Waals surface area contributed by atoms with Crippen molar-refractivity contribution in [1.82, 2.24) is 10.3 Å². The zero-order chi connectivity index (χ0) is 24.3. The second-order valence-electron chi connectivity index (χ2n) is 8.67. The van der Waals surface area contributed by atoms with Crippen molar-refractivity contribution in [2.24, 2.45) is 5.73 Å². The van der Waals surface area contributed by atoms with Crippen LogP contribution in [0.3, 0.4) is 0 Å². The Morgan fingerprint density at radius 1 is 1.15 bits per heavy atom. The van der Waals surface area contributed by atoms with Crippen molar-refractivity contribution in [1.29, 1.82) is 0 Å². The first-order valence-corrected chi connectivity index (χ1v) is 10.3. The number of aromatic amines is 1. The Hall–Kier alpha value is -4.08. The molecule has 33 heavy (non-hydrogen) atoms. The van der Waals surface area contributed by atoms with E-state index in [1.54, 1.807) is 52.1 Å². The van der Waals surface area contributed by atoms with Gasteiger partial charge in [0.2, 0.25) is 5.91 Å². The number of carbonyl (C=O) groups is 4. The van der Waals surface area contributed by atoms with Crippen molar-refractivity contribution >= 4 is 46.3 Å². The molecule has 0 saturated carbocycles. The number of urea groups is 1. The summed E-state index contributed by atoms with van der Waals surface area (Å²) in [4.78, 5) is 50.7. The van der Waals surface area contributed by atoms with E-state index in [9.17, 15) is 19.2 Å². The molecule has 174 valence electrons. The summed E-state index contributed by atoms with van der Waals surface area (Å²) in [6.07, 6.45) is 1.35. The van der Waals surface area contributed by atoms with Gasteiger partial charge in [0.1, 0.15) is 12.0 Å². The summed E-state index contributed by atoms with van der Waals surface area (Å²) in [5, 5.41) is 7.99. The number of aromatic nitrogens is 1. The predicted octanol–water partition coefficient (Wildman–Crippen LogP) is 2.74. The standard InChI is InChI=1S/C23H27N5O5/c1-12(20-15-8-14(27-22(24)32)5-6-16(15)28-21(20)31)17-7-13(10-25-17)11-26-18(29)9-19(30)33-23(2,3)4/h5-8,10,25H,9,11H2,1-4H3,(H,26,29)(H,28,31)(H3,24,27,32)/b20-12+. The number of fused-ring (bicyclic) bond motifs is 1. The Morgan fingerprint density at radius 2 is 1.88 bits per heavy atom. The Bertz CT molecular complexity index is 1160. The van der Waals surface area contributed by atoms with Crippen LogP contribution in [0.4, 0.5) is 16.2 Å². The number of primary amides is 1. The lowest BCUT2D eigenvalue weighted by atomic mass is 9.99. The third kappa shape index (κ3) is 6.00. The van der Waals surface area contributed by atoms with Gasteiger partial charge in [0.25, 0.3) is 5.91 Å². The average molecular weight is 453 g/mol. The Morgan fingerprint density at radius 3 is 2.55 bits per heavy atom. The molecule has 1 aliphatic rings. The zero-order valence-electron chi connectivity index (χ0n) is 18.9. The van der Waals surface area contributed by atoms with Crippen LogP contribution in [0.25, 0.3) is 11.1 Å². The number of H-pyrrole nitrogens is 1. The van der Waals surface area contributed by atoms with E-state index in [4.69, 9.17) is 10.5 Å². The molecule has 0 radical (unpaired) electrons. The van der Waals surface area contributed by atoms with Crippen molar-refractivity contribution in [3.8, 4) is 0 Å². The van der Waals surface area contributed by atoms with Crippen LogP contribution in [0.5, 0.6) is 0 Å². The number of hydrogen-bond donors (Lipinski definition) is 5. The lowest BCUT2D eigenvalue weighted by molar-refractivity contribution is -0.156. The maximum absolute atomic E-state index is 12.6. The molecule has 0 fully saturated rings. The third-order valence-corrected chi connectivity index (χ3v) is 4.77. The molecule has 2 heterocycles. The Kier molecular flexibility index (Phi) is 6.57. The van der Waals surface area contributed by atoms with Gasteiger partial charge in [0.15, 0.2) is 0 Å². The van der Waals surface area contributed by atoms with Crippen LogP contribution in [-0.4, -0.2) is 34.4 Å². The highest BCUT2D eigenvalue weighted by Crippen LogP contribution is 2.38. The molecule has 0 bridgehead atoms. The average Bonchev–Trinajstić information content (AvgIpc) is 3.27. The summed E-state index contributed by atoms with van der Waals surface area (Å²) >= 11 is 0. The summed E-state index contributed by atoms with van der Waals surface area (Å²) in [6.45, 7) is 7.21. The summed E-state index contributed by atoms with van der Waals surface area (Å²) < 4.78 is 5.14. The summed E-state index contributed by atoms with van der Waals surface area (Å²) in [6, 6.07) is 6.13. The van der Waals surface area contributed by atoms with E-state index in [1.807, 2.05) is 6.07 Å². The highest BCUT2D eigenvalue weighted by Gasteiger charge is 2.27. The van der Waals surface area contributed by atoms with Crippen molar-refractivity contribution < 1.29 is 23.9 Å². The molecule has 10 nitrogen and oxygen atoms in total. The minimum Gasteiger partial charge on any atom is -0.460 e. The van der Waals surface area contributed by atoms with Gasteiger partial charge in [-0.1, -0.05) is 0 Å². The molecule has 0 spiro atoms. The summed E-state index contributed by atoms with van der Waals surface area (Å²) in [7, 11) is 0. The maximum Gasteiger partial charge on any atom is 0.316 e. The fourth-order valence-corrected chi connectivity index (χ4v) is 3.42. The van der Waals surface area contributed by atoms with Gasteiger partial charge in [-0.15, -0.1) is 0 Å². The van der Waals surface area contributed by atoms with E-state index in [1.165, 1.54) is 0 Å². The predicted molar refractivity (Wildman–Crippen MR) is 124 cm³/mol. The van der Waals surface area contributed by atoms with Gasteiger partial charge >= 0.3 is 12.0 Å². The fourth-order valence-electron chi connectivity index (χ4n) is 3.42. The van der Waals surface area contributed by atoms with Crippen LogP contribution < -0.4 is 21.7 Å². The monoisotopic (exact) mass is 453 g/mol. The SMILES string of the molecule is C/C(=C1\C(=O)Nc2ccc(NC(N)=O)cc21)c1cc(CNC(=O)CC(=O)OC(C)(C)C)c[nH]1. The summed E-state index contributed by atoms with van der Waals surface area (Å²) in [5.74, 6) is -1.30. The largest absolute Gasteiger partial charge is 0.460 e. The number of hydrogen-bond acceptors (Lipinski definition) is 5. The first-order chi connectivity index (χ1) is 15.4. The number of ether oxygens (including phenoxy) is 1.